The maximum atomic E-state index is 12.6. The van der Waals surface area contributed by atoms with Gasteiger partial charge in [-0.1, -0.05) is 0 Å². The first-order valence-electron chi connectivity index (χ1n) is 9.14. The molecule has 3 aromatic heterocycles. The van der Waals surface area contributed by atoms with E-state index in [1.165, 1.54) is 11.3 Å². The van der Waals surface area contributed by atoms with Gasteiger partial charge < -0.3 is 19.4 Å². The molecule has 0 spiro atoms. The zero-order chi connectivity index (χ0) is 20.5. The highest BCUT2D eigenvalue weighted by Gasteiger charge is 2.20. The van der Waals surface area contributed by atoms with Gasteiger partial charge in [-0.25, -0.2) is 4.98 Å². The molecule has 4 rings (SSSR count). The molecule has 0 aliphatic carbocycles. The molecule has 1 amide bonds. The van der Waals surface area contributed by atoms with E-state index in [2.05, 4.69) is 5.32 Å². The Balaban J connectivity index is 1.66. The van der Waals surface area contributed by atoms with Crippen molar-refractivity contribution in [1.82, 2.24) is 14.9 Å². The highest BCUT2D eigenvalue weighted by Crippen LogP contribution is 2.33. The number of amides is 1. The summed E-state index contributed by atoms with van der Waals surface area (Å²) in [6.45, 7) is 2.23. The van der Waals surface area contributed by atoms with Gasteiger partial charge in [0.1, 0.15) is 27.6 Å². The Morgan fingerprint density at radius 1 is 1.24 bits per heavy atom. The number of aryl methyl sites for hydroxylation is 1. The van der Waals surface area contributed by atoms with Crippen molar-refractivity contribution in [3.63, 3.8) is 0 Å². The van der Waals surface area contributed by atoms with E-state index in [4.69, 9.17) is 14.1 Å². The number of ether oxygens (including phenoxy) is 1. The third-order valence-corrected chi connectivity index (χ3v) is 5.60. The number of rotatable bonds is 6. The smallest absolute Gasteiger partial charge is 0.261 e. The second kappa shape index (κ2) is 7.63. The van der Waals surface area contributed by atoms with Crippen molar-refractivity contribution in [3.05, 3.63) is 58.9 Å². The molecule has 3 heterocycles. The fourth-order valence-corrected chi connectivity index (χ4v) is 4.10. The summed E-state index contributed by atoms with van der Waals surface area (Å²) in [5.41, 5.74) is 1.74. The Labute approximate surface area is 172 Å². The molecule has 150 valence electrons. The Kier molecular flexibility index (Phi) is 5.02. The lowest BCUT2D eigenvalue weighted by molar-refractivity contribution is 0.0952. The average molecular weight is 410 g/mol. The van der Waals surface area contributed by atoms with Crippen LogP contribution < -0.4 is 15.0 Å². The molecule has 29 heavy (non-hydrogen) atoms. The van der Waals surface area contributed by atoms with Gasteiger partial charge in [-0.2, -0.15) is 0 Å². The molecule has 0 atom stereocenters. The number of methoxy groups -OCH3 is 1. The second-order valence-corrected chi connectivity index (χ2v) is 7.87. The first kappa shape index (κ1) is 19.1. The zero-order valence-electron chi connectivity index (χ0n) is 16.7. The number of hydrogen-bond donors (Lipinski definition) is 1. The molecule has 0 aliphatic rings. The lowest BCUT2D eigenvalue weighted by Crippen LogP contribution is -2.21. The molecule has 1 aromatic carbocycles. The largest absolute Gasteiger partial charge is 0.497 e. The topological polar surface area (TPSA) is 72.5 Å². The van der Waals surface area contributed by atoms with Gasteiger partial charge >= 0.3 is 0 Å². The van der Waals surface area contributed by atoms with E-state index in [1.807, 2.05) is 73.0 Å². The van der Waals surface area contributed by atoms with Crippen LogP contribution in [-0.2, 0) is 6.54 Å². The number of nitrogens with zero attached hydrogens (tertiary/aromatic N) is 3. The summed E-state index contributed by atoms with van der Waals surface area (Å²) in [6.07, 6.45) is 0. The number of imidazole rings is 1. The third-order valence-electron chi connectivity index (χ3n) is 4.49. The molecule has 0 fully saturated rings. The van der Waals surface area contributed by atoms with E-state index < -0.39 is 0 Å². The van der Waals surface area contributed by atoms with Crippen LogP contribution in [0.5, 0.6) is 5.75 Å². The van der Waals surface area contributed by atoms with Crippen molar-refractivity contribution in [3.8, 4) is 11.4 Å². The van der Waals surface area contributed by atoms with Crippen LogP contribution >= 0.6 is 11.3 Å². The van der Waals surface area contributed by atoms with E-state index in [1.54, 1.807) is 7.11 Å². The normalized spacial score (nSPS) is 11.0. The fraction of sp³-hybridized carbons (Fsp3) is 0.238. The maximum Gasteiger partial charge on any atom is 0.261 e. The van der Waals surface area contributed by atoms with Crippen LogP contribution in [-0.4, -0.2) is 36.7 Å². The zero-order valence-corrected chi connectivity index (χ0v) is 17.5. The number of fused-ring (bicyclic) bond motifs is 1. The SMILES string of the molecule is COc1ccc(-n2c(N(C)C)nc3cc(C(=O)NCc4ccc(C)o4)sc32)cc1. The predicted octanol–water partition coefficient (Wildman–Crippen LogP) is 3.99. The third kappa shape index (κ3) is 3.71. The maximum absolute atomic E-state index is 12.6. The molecule has 0 bridgehead atoms. The lowest BCUT2D eigenvalue weighted by Gasteiger charge is -2.15. The van der Waals surface area contributed by atoms with Crippen molar-refractivity contribution in [2.45, 2.75) is 13.5 Å². The van der Waals surface area contributed by atoms with E-state index in [9.17, 15) is 4.79 Å². The van der Waals surface area contributed by atoms with Crippen LogP contribution in [0.2, 0.25) is 0 Å². The molecule has 8 heteroatoms. The van der Waals surface area contributed by atoms with E-state index in [-0.39, 0.29) is 5.91 Å². The van der Waals surface area contributed by atoms with Gasteiger partial charge in [-0.05, 0) is 49.4 Å². The molecule has 7 nitrogen and oxygen atoms in total. The number of anilines is 1. The van der Waals surface area contributed by atoms with Crippen LogP contribution in [0.1, 0.15) is 21.2 Å². The number of carbonyl (C=O) groups excluding carboxylic acids is 1. The second-order valence-electron chi connectivity index (χ2n) is 6.84. The van der Waals surface area contributed by atoms with E-state index in [0.29, 0.717) is 11.4 Å². The van der Waals surface area contributed by atoms with Gasteiger partial charge in [-0.3, -0.25) is 9.36 Å². The number of nitrogens with one attached hydrogen (secondary N) is 1. The van der Waals surface area contributed by atoms with Crippen LogP contribution in [0.4, 0.5) is 5.95 Å². The summed E-state index contributed by atoms with van der Waals surface area (Å²) < 4.78 is 12.8. The molecule has 0 saturated heterocycles. The lowest BCUT2D eigenvalue weighted by atomic mass is 10.3. The highest BCUT2D eigenvalue weighted by atomic mass is 32.1. The van der Waals surface area contributed by atoms with Crippen molar-refractivity contribution in [2.24, 2.45) is 0 Å². The van der Waals surface area contributed by atoms with Crippen molar-refractivity contribution < 1.29 is 13.9 Å². The Morgan fingerprint density at radius 3 is 2.62 bits per heavy atom. The monoisotopic (exact) mass is 410 g/mol. The first-order chi connectivity index (χ1) is 14.0. The quantitative estimate of drug-likeness (QED) is 0.520. The minimum absolute atomic E-state index is 0.144. The summed E-state index contributed by atoms with van der Waals surface area (Å²) in [6, 6.07) is 13.3. The van der Waals surface area contributed by atoms with Gasteiger partial charge in [0.25, 0.3) is 5.91 Å². The molecule has 1 N–H and O–H groups in total. The minimum atomic E-state index is -0.144. The highest BCUT2D eigenvalue weighted by molar-refractivity contribution is 7.20. The van der Waals surface area contributed by atoms with Gasteiger partial charge in [-0.15, -0.1) is 11.3 Å². The number of thiophene rings is 1. The molecular weight excluding hydrogens is 388 g/mol. The molecule has 0 unspecified atom stereocenters. The van der Waals surface area contributed by atoms with E-state index in [0.717, 1.165) is 39.3 Å². The van der Waals surface area contributed by atoms with Crippen LogP contribution in [0.15, 0.2) is 46.9 Å². The molecular formula is C21H22N4O3S. The van der Waals surface area contributed by atoms with Crippen LogP contribution in [0.3, 0.4) is 0 Å². The first-order valence-corrected chi connectivity index (χ1v) is 9.95. The molecule has 0 saturated carbocycles. The Hall–Kier alpha value is -3.26. The average Bonchev–Trinajstić information content (AvgIpc) is 3.40. The van der Waals surface area contributed by atoms with Gasteiger partial charge in [0, 0.05) is 14.1 Å². The predicted molar refractivity (Wildman–Crippen MR) is 114 cm³/mol. The van der Waals surface area contributed by atoms with Gasteiger partial charge in [0.2, 0.25) is 5.95 Å². The summed E-state index contributed by atoms with van der Waals surface area (Å²) in [5.74, 6) is 3.00. The Bertz CT molecular complexity index is 1150. The van der Waals surface area contributed by atoms with Gasteiger partial charge in [0.05, 0.1) is 24.2 Å². The summed E-state index contributed by atoms with van der Waals surface area (Å²) in [7, 11) is 5.54. The Morgan fingerprint density at radius 2 is 2.00 bits per heavy atom. The van der Waals surface area contributed by atoms with Crippen molar-refractivity contribution >= 4 is 33.5 Å². The fourth-order valence-electron chi connectivity index (χ4n) is 3.07. The van der Waals surface area contributed by atoms with E-state index >= 15 is 0 Å². The van der Waals surface area contributed by atoms with Crippen LogP contribution in [0.25, 0.3) is 16.0 Å². The minimum Gasteiger partial charge on any atom is -0.497 e. The summed E-state index contributed by atoms with van der Waals surface area (Å²) in [5, 5.41) is 2.90. The number of hydrogen-bond acceptors (Lipinski definition) is 6. The summed E-state index contributed by atoms with van der Waals surface area (Å²) >= 11 is 1.42. The standard InChI is InChI=1S/C21H22N4O3S/c1-13-5-8-16(28-13)12-22-19(26)18-11-17-20(29-18)25(21(23-17)24(2)3)14-6-9-15(27-4)10-7-14/h5-11H,12H2,1-4H3,(H,22,26). The number of aromatic nitrogens is 2. The van der Waals surface area contributed by atoms with Crippen molar-refractivity contribution in [2.75, 3.05) is 26.1 Å². The number of furan rings is 1. The molecule has 0 radical (unpaired) electrons. The number of carbonyl (C=O) groups is 1. The van der Waals surface area contributed by atoms with Gasteiger partial charge in [0.15, 0.2) is 0 Å². The van der Waals surface area contributed by atoms with Crippen LogP contribution in [0, 0.1) is 6.92 Å². The molecule has 4 aromatic rings. The molecule has 0 aliphatic heterocycles. The summed E-state index contributed by atoms with van der Waals surface area (Å²) in [4.78, 5) is 20.8. The number of benzene rings is 1. The van der Waals surface area contributed by atoms with Crippen molar-refractivity contribution in [1.29, 1.82) is 0 Å².